The van der Waals surface area contributed by atoms with Crippen molar-refractivity contribution in [3.05, 3.63) is 54.2 Å². The molecule has 10 heteroatoms. The lowest BCUT2D eigenvalue weighted by Crippen LogP contribution is -2.33. The number of nitrogens with one attached hydrogen (secondary N) is 1. The summed E-state index contributed by atoms with van der Waals surface area (Å²) in [6, 6.07) is 10.6. The van der Waals surface area contributed by atoms with Gasteiger partial charge in [-0.05, 0) is 30.3 Å². The van der Waals surface area contributed by atoms with Crippen LogP contribution in [0, 0.1) is 0 Å². The van der Waals surface area contributed by atoms with Crippen LogP contribution in [0.4, 0.5) is 10.5 Å². The summed E-state index contributed by atoms with van der Waals surface area (Å²) in [4.78, 5) is 34.9. The van der Waals surface area contributed by atoms with Crippen molar-refractivity contribution in [2.45, 2.75) is 6.10 Å². The Morgan fingerprint density at radius 2 is 2.06 bits per heavy atom. The van der Waals surface area contributed by atoms with Crippen LogP contribution in [0.3, 0.4) is 0 Å². The zero-order valence-electron chi connectivity index (χ0n) is 18.4. The number of aromatic nitrogens is 2. The van der Waals surface area contributed by atoms with E-state index in [1.54, 1.807) is 48.7 Å². The summed E-state index contributed by atoms with van der Waals surface area (Å²) < 4.78 is 21.7. The number of carbonyl (C=O) groups is 2. The number of methoxy groups -OCH3 is 1. The number of pyridine rings is 2. The number of rotatable bonds is 6. The molecule has 1 N–H and O–H groups in total. The Kier molecular flexibility index (Phi) is 5.86. The second kappa shape index (κ2) is 9.26. The Bertz CT molecular complexity index is 1280. The van der Waals surface area contributed by atoms with Gasteiger partial charge in [-0.2, -0.15) is 0 Å². The highest BCUT2D eigenvalue weighted by Gasteiger charge is 2.33. The molecular formula is C24H22N4O6. The van der Waals surface area contributed by atoms with Gasteiger partial charge in [-0.1, -0.05) is 0 Å². The molecule has 5 rings (SSSR count). The molecule has 0 unspecified atom stereocenters. The molecule has 2 amide bonds. The van der Waals surface area contributed by atoms with Crippen LogP contribution in [-0.4, -0.2) is 61.5 Å². The van der Waals surface area contributed by atoms with Crippen LogP contribution in [0.5, 0.6) is 17.4 Å². The van der Waals surface area contributed by atoms with Gasteiger partial charge in [0.1, 0.15) is 19.3 Å². The van der Waals surface area contributed by atoms with E-state index in [9.17, 15) is 9.59 Å². The molecule has 0 aliphatic carbocycles. The molecule has 2 aliphatic heterocycles. The molecule has 1 aromatic carbocycles. The quantitative estimate of drug-likeness (QED) is 0.557. The first-order chi connectivity index (χ1) is 16.6. The van der Waals surface area contributed by atoms with E-state index in [0.29, 0.717) is 53.9 Å². The number of ether oxygens (including phenoxy) is 4. The predicted octanol–water partition coefficient (Wildman–Crippen LogP) is 2.56. The molecule has 0 saturated carbocycles. The zero-order chi connectivity index (χ0) is 23.5. The molecule has 1 fully saturated rings. The summed E-state index contributed by atoms with van der Waals surface area (Å²) in [6.45, 7) is 1.44. The van der Waals surface area contributed by atoms with Crippen molar-refractivity contribution in [2.24, 2.45) is 0 Å². The lowest BCUT2D eigenvalue weighted by molar-refractivity contribution is -0.116. The van der Waals surface area contributed by atoms with Crippen LogP contribution in [-0.2, 0) is 9.53 Å². The second-order valence-electron chi connectivity index (χ2n) is 7.64. The smallest absolute Gasteiger partial charge is 0.414 e. The third kappa shape index (κ3) is 4.42. The van der Waals surface area contributed by atoms with Gasteiger partial charge >= 0.3 is 6.09 Å². The number of nitrogens with zero attached hydrogens (tertiary/aromatic N) is 3. The van der Waals surface area contributed by atoms with Crippen LogP contribution in [0.2, 0.25) is 0 Å². The van der Waals surface area contributed by atoms with Crippen LogP contribution in [0.1, 0.15) is 5.56 Å². The zero-order valence-corrected chi connectivity index (χ0v) is 18.4. The fourth-order valence-electron chi connectivity index (χ4n) is 3.75. The summed E-state index contributed by atoms with van der Waals surface area (Å²) in [7, 11) is 1.54. The second-order valence-corrected chi connectivity index (χ2v) is 7.64. The first-order valence-corrected chi connectivity index (χ1v) is 10.7. The number of fused-ring (bicyclic) bond motifs is 2. The predicted molar refractivity (Wildman–Crippen MR) is 123 cm³/mol. The normalized spacial score (nSPS) is 17.1. The van der Waals surface area contributed by atoms with Gasteiger partial charge in [0.05, 0.1) is 36.9 Å². The van der Waals surface area contributed by atoms with E-state index >= 15 is 0 Å². The number of amides is 2. The van der Waals surface area contributed by atoms with Gasteiger partial charge in [-0.3, -0.25) is 14.7 Å². The van der Waals surface area contributed by atoms with Gasteiger partial charge in [-0.15, -0.1) is 0 Å². The molecule has 2 aliphatic rings. The average molecular weight is 462 g/mol. The minimum Gasteiger partial charge on any atom is -0.486 e. The highest BCUT2D eigenvalue weighted by molar-refractivity contribution is 5.95. The molecular weight excluding hydrogens is 440 g/mol. The molecule has 2 aromatic heterocycles. The highest BCUT2D eigenvalue weighted by atomic mass is 16.6. The number of hydrogen-bond donors (Lipinski definition) is 1. The number of carbonyl (C=O) groups excluding carboxylic acids is 2. The number of cyclic esters (lactones) is 1. The lowest BCUT2D eigenvalue weighted by atomic mass is 10.2. The average Bonchev–Trinajstić information content (AvgIpc) is 3.25. The van der Waals surface area contributed by atoms with E-state index in [1.165, 1.54) is 18.1 Å². The van der Waals surface area contributed by atoms with E-state index in [-0.39, 0.29) is 12.5 Å². The first kappa shape index (κ1) is 21.5. The topological polar surface area (TPSA) is 112 Å². The van der Waals surface area contributed by atoms with Gasteiger partial charge < -0.3 is 24.3 Å². The number of anilines is 1. The van der Waals surface area contributed by atoms with Crippen molar-refractivity contribution in [2.75, 3.05) is 38.3 Å². The molecule has 0 radical (unpaired) electrons. The maximum absolute atomic E-state index is 12.4. The van der Waals surface area contributed by atoms with Gasteiger partial charge in [0.25, 0.3) is 0 Å². The fraction of sp³-hybridized carbons (Fsp3) is 0.250. The molecule has 1 saturated heterocycles. The molecule has 174 valence electrons. The summed E-state index contributed by atoms with van der Waals surface area (Å²) in [5, 5.41) is 2.77. The number of hydrogen-bond acceptors (Lipinski definition) is 8. The SMILES string of the molecule is COc1ccc2nccc(/C=C/C(=O)NC[C@@H]3CN(c4ccc5c(c4)OCCO5)C(=O)O3)c2n1. The Labute approximate surface area is 195 Å². The maximum atomic E-state index is 12.4. The summed E-state index contributed by atoms with van der Waals surface area (Å²) in [5.41, 5.74) is 2.71. The Morgan fingerprint density at radius 1 is 1.21 bits per heavy atom. The largest absolute Gasteiger partial charge is 0.486 e. The standard InChI is InChI=1S/C24H22N4O6/c1-31-22-7-4-18-23(27-22)15(8-9-25-18)2-6-21(29)26-13-17-14-28(24(30)34-17)16-3-5-19-20(12-16)33-11-10-32-19/h2-9,12,17H,10-11,13-14H2,1H3,(H,26,29)/b6-2+/t17-/m1/s1. The van der Waals surface area contributed by atoms with Gasteiger partial charge in [0.15, 0.2) is 11.5 Å². The Hall–Kier alpha value is -4.34. The van der Waals surface area contributed by atoms with E-state index in [0.717, 1.165) is 5.56 Å². The molecule has 4 heterocycles. The van der Waals surface area contributed by atoms with E-state index in [4.69, 9.17) is 18.9 Å². The fourth-order valence-corrected chi connectivity index (χ4v) is 3.75. The van der Waals surface area contributed by atoms with Crippen molar-refractivity contribution in [1.82, 2.24) is 15.3 Å². The highest BCUT2D eigenvalue weighted by Crippen LogP contribution is 2.35. The van der Waals surface area contributed by atoms with Gasteiger partial charge in [0.2, 0.25) is 11.8 Å². The first-order valence-electron chi connectivity index (χ1n) is 10.7. The molecule has 1 atom stereocenters. The molecule has 3 aromatic rings. The van der Waals surface area contributed by atoms with Crippen LogP contribution in [0.25, 0.3) is 17.1 Å². The summed E-state index contributed by atoms with van der Waals surface area (Å²) in [5.74, 6) is 1.38. The third-order valence-electron chi connectivity index (χ3n) is 5.43. The third-order valence-corrected chi connectivity index (χ3v) is 5.43. The van der Waals surface area contributed by atoms with Crippen molar-refractivity contribution < 1.29 is 28.5 Å². The van der Waals surface area contributed by atoms with Crippen molar-refractivity contribution >= 4 is 34.8 Å². The molecule has 34 heavy (non-hydrogen) atoms. The summed E-state index contributed by atoms with van der Waals surface area (Å²) in [6.07, 6.45) is 3.76. The van der Waals surface area contributed by atoms with Crippen molar-refractivity contribution in [1.29, 1.82) is 0 Å². The van der Waals surface area contributed by atoms with Gasteiger partial charge in [-0.25, -0.2) is 9.78 Å². The Morgan fingerprint density at radius 3 is 2.91 bits per heavy atom. The minimum atomic E-state index is -0.481. The maximum Gasteiger partial charge on any atom is 0.414 e. The number of benzene rings is 1. The monoisotopic (exact) mass is 462 g/mol. The molecule has 10 nitrogen and oxygen atoms in total. The Balaban J connectivity index is 1.20. The van der Waals surface area contributed by atoms with E-state index < -0.39 is 12.2 Å². The molecule has 0 spiro atoms. The summed E-state index contributed by atoms with van der Waals surface area (Å²) >= 11 is 0. The van der Waals surface area contributed by atoms with E-state index in [1.807, 2.05) is 0 Å². The minimum absolute atomic E-state index is 0.180. The molecule has 0 bridgehead atoms. The van der Waals surface area contributed by atoms with E-state index in [2.05, 4.69) is 15.3 Å². The van der Waals surface area contributed by atoms with Crippen LogP contribution >= 0.6 is 0 Å². The van der Waals surface area contributed by atoms with Crippen LogP contribution in [0.15, 0.2) is 48.7 Å². The lowest BCUT2D eigenvalue weighted by Gasteiger charge is -2.21. The van der Waals surface area contributed by atoms with Crippen molar-refractivity contribution in [3.63, 3.8) is 0 Å². The van der Waals surface area contributed by atoms with Crippen LogP contribution < -0.4 is 24.4 Å². The van der Waals surface area contributed by atoms with Crippen molar-refractivity contribution in [3.8, 4) is 17.4 Å². The van der Waals surface area contributed by atoms with Gasteiger partial charge in [0, 0.05) is 30.0 Å².